The Bertz CT molecular complexity index is 608. The van der Waals surface area contributed by atoms with Gasteiger partial charge in [-0.3, -0.25) is 0 Å². The summed E-state index contributed by atoms with van der Waals surface area (Å²) in [6.07, 6.45) is 2.66. The molecule has 19 heavy (non-hydrogen) atoms. The van der Waals surface area contributed by atoms with Gasteiger partial charge in [-0.05, 0) is 27.4 Å². The van der Waals surface area contributed by atoms with E-state index >= 15 is 0 Å². The van der Waals surface area contributed by atoms with Gasteiger partial charge in [-0.25, -0.2) is 0 Å². The highest BCUT2D eigenvalue weighted by Crippen LogP contribution is 2.29. The van der Waals surface area contributed by atoms with Crippen LogP contribution in [0.2, 0.25) is 5.15 Å². The predicted octanol–water partition coefficient (Wildman–Crippen LogP) is 1.23. The quantitative estimate of drug-likeness (QED) is 0.775. The molecule has 1 aliphatic heterocycles. The largest absolute Gasteiger partial charge is 0.355 e. The minimum Gasteiger partial charge on any atom is -0.355 e. The van der Waals surface area contributed by atoms with Crippen molar-refractivity contribution in [3.05, 3.63) is 17.0 Å². The summed E-state index contributed by atoms with van der Waals surface area (Å²) in [5.41, 5.74) is 0.957. The summed E-state index contributed by atoms with van der Waals surface area (Å²) in [4.78, 5) is 12.9. The van der Waals surface area contributed by atoms with Crippen molar-refractivity contribution in [2.75, 3.05) is 32.1 Å². The first-order valence-corrected chi connectivity index (χ1v) is 6.73. The van der Waals surface area contributed by atoms with Crippen LogP contribution in [0.5, 0.6) is 0 Å². The number of nitrogens with zero attached hydrogens (tertiary/aromatic N) is 6. The van der Waals surface area contributed by atoms with Crippen LogP contribution in [0.15, 0.2) is 6.33 Å². The number of hydrogen-bond donors (Lipinski definition) is 0. The number of aromatic nitrogens is 4. The Morgan fingerprint density at radius 3 is 2.89 bits per heavy atom. The van der Waals surface area contributed by atoms with E-state index in [1.54, 1.807) is 4.52 Å². The van der Waals surface area contributed by atoms with Crippen molar-refractivity contribution in [3.8, 4) is 0 Å². The Morgan fingerprint density at radius 2 is 2.21 bits per heavy atom. The van der Waals surface area contributed by atoms with Gasteiger partial charge in [0.15, 0.2) is 0 Å². The smallest absolute Gasteiger partial charge is 0.255 e. The Kier molecular flexibility index (Phi) is 3.06. The molecule has 1 aliphatic rings. The molecule has 0 N–H and O–H groups in total. The standard InChI is InChI=1S/C12H17ClN6/c1-8-10(13)16-12-14-7-15-19(12)11(8)18-5-4-9(6-18)17(2)3/h7,9H,4-6H2,1-3H3. The first kappa shape index (κ1) is 12.6. The lowest BCUT2D eigenvalue weighted by atomic mass is 10.2. The van der Waals surface area contributed by atoms with Gasteiger partial charge in [-0.2, -0.15) is 19.6 Å². The second-order valence-corrected chi connectivity index (χ2v) is 5.53. The van der Waals surface area contributed by atoms with Crippen LogP contribution >= 0.6 is 11.6 Å². The van der Waals surface area contributed by atoms with E-state index in [4.69, 9.17) is 11.6 Å². The molecule has 0 bridgehead atoms. The average Bonchev–Trinajstić information content (AvgIpc) is 2.99. The summed E-state index contributed by atoms with van der Waals surface area (Å²) in [7, 11) is 4.23. The topological polar surface area (TPSA) is 49.6 Å². The lowest BCUT2D eigenvalue weighted by Gasteiger charge is -2.23. The molecule has 6 nitrogen and oxygen atoms in total. The van der Waals surface area contributed by atoms with Crippen LogP contribution in [0, 0.1) is 6.92 Å². The van der Waals surface area contributed by atoms with Gasteiger partial charge in [0.2, 0.25) is 0 Å². The van der Waals surface area contributed by atoms with E-state index in [9.17, 15) is 0 Å². The monoisotopic (exact) mass is 280 g/mol. The van der Waals surface area contributed by atoms with Crippen molar-refractivity contribution in [1.29, 1.82) is 0 Å². The first-order chi connectivity index (χ1) is 9.08. The summed E-state index contributed by atoms with van der Waals surface area (Å²) in [5, 5.41) is 4.77. The molecule has 1 atom stereocenters. The maximum Gasteiger partial charge on any atom is 0.255 e. The van der Waals surface area contributed by atoms with Crippen molar-refractivity contribution in [3.63, 3.8) is 0 Å². The lowest BCUT2D eigenvalue weighted by molar-refractivity contribution is 0.315. The molecule has 102 valence electrons. The van der Waals surface area contributed by atoms with E-state index in [0.717, 1.165) is 30.9 Å². The van der Waals surface area contributed by atoms with Crippen molar-refractivity contribution in [2.24, 2.45) is 0 Å². The van der Waals surface area contributed by atoms with E-state index in [1.807, 2.05) is 6.92 Å². The molecule has 2 aromatic rings. The molecule has 0 saturated carbocycles. The maximum atomic E-state index is 6.20. The van der Waals surface area contributed by atoms with Crippen molar-refractivity contribution in [1.82, 2.24) is 24.5 Å². The van der Waals surface area contributed by atoms with Gasteiger partial charge in [-0.15, -0.1) is 0 Å². The van der Waals surface area contributed by atoms with Crippen molar-refractivity contribution in [2.45, 2.75) is 19.4 Å². The Hall–Kier alpha value is -1.40. The molecular weight excluding hydrogens is 264 g/mol. The van der Waals surface area contributed by atoms with Gasteiger partial charge in [0.05, 0.1) is 0 Å². The summed E-state index contributed by atoms with van der Waals surface area (Å²) >= 11 is 6.20. The number of halogens is 1. The van der Waals surface area contributed by atoms with E-state index in [1.165, 1.54) is 6.33 Å². The van der Waals surface area contributed by atoms with E-state index in [-0.39, 0.29) is 0 Å². The zero-order valence-electron chi connectivity index (χ0n) is 11.3. The normalized spacial score (nSPS) is 19.8. The molecule has 0 aromatic carbocycles. The third kappa shape index (κ3) is 2.04. The SMILES string of the molecule is Cc1c(Cl)nc2ncnn2c1N1CCC(N(C)C)C1. The van der Waals surface area contributed by atoms with E-state index in [2.05, 4.69) is 39.0 Å². The summed E-state index contributed by atoms with van der Waals surface area (Å²) in [5.74, 6) is 1.57. The summed E-state index contributed by atoms with van der Waals surface area (Å²) < 4.78 is 1.78. The van der Waals surface area contributed by atoms with Gasteiger partial charge in [0.25, 0.3) is 5.78 Å². The average molecular weight is 281 g/mol. The van der Waals surface area contributed by atoms with Crippen molar-refractivity contribution < 1.29 is 0 Å². The highest BCUT2D eigenvalue weighted by atomic mass is 35.5. The van der Waals surface area contributed by atoms with Gasteiger partial charge in [-0.1, -0.05) is 11.6 Å². The molecule has 3 rings (SSSR count). The molecule has 1 unspecified atom stereocenters. The predicted molar refractivity (Wildman–Crippen MR) is 74.8 cm³/mol. The molecule has 0 aliphatic carbocycles. The zero-order chi connectivity index (χ0) is 13.6. The third-order valence-electron chi connectivity index (χ3n) is 3.77. The molecule has 7 heteroatoms. The molecular formula is C12H17ClN6. The molecule has 0 spiro atoms. The number of anilines is 1. The van der Waals surface area contributed by atoms with E-state index < -0.39 is 0 Å². The number of hydrogen-bond acceptors (Lipinski definition) is 5. The summed E-state index contributed by atoms with van der Waals surface area (Å²) in [6, 6.07) is 0.560. The van der Waals surface area contributed by atoms with E-state index in [0.29, 0.717) is 17.0 Å². The highest BCUT2D eigenvalue weighted by molar-refractivity contribution is 6.30. The van der Waals surface area contributed by atoms with Crippen LogP contribution in [0.4, 0.5) is 5.82 Å². The second-order valence-electron chi connectivity index (χ2n) is 5.18. The maximum absolute atomic E-state index is 6.20. The minimum atomic E-state index is 0.504. The fraction of sp³-hybridized carbons (Fsp3) is 0.583. The molecule has 0 radical (unpaired) electrons. The molecule has 3 heterocycles. The summed E-state index contributed by atoms with van der Waals surface area (Å²) in [6.45, 7) is 3.96. The third-order valence-corrected chi connectivity index (χ3v) is 4.13. The minimum absolute atomic E-state index is 0.504. The fourth-order valence-corrected chi connectivity index (χ4v) is 2.77. The van der Waals surface area contributed by atoms with Crippen LogP contribution in [-0.2, 0) is 0 Å². The van der Waals surface area contributed by atoms with Crippen LogP contribution < -0.4 is 4.90 Å². The van der Waals surface area contributed by atoms with Crippen molar-refractivity contribution >= 4 is 23.2 Å². The van der Waals surface area contributed by atoms with Crippen LogP contribution in [0.1, 0.15) is 12.0 Å². The van der Waals surface area contributed by atoms with Gasteiger partial charge < -0.3 is 9.80 Å². The second kappa shape index (κ2) is 4.61. The number of likely N-dealkylation sites (N-methyl/N-ethyl adjacent to an activating group) is 1. The zero-order valence-corrected chi connectivity index (χ0v) is 12.1. The van der Waals surface area contributed by atoms with Gasteiger partial charge in [0.1, 0.15) is 17.3 Å². The van der Waals surface area contributed by atoms with Crippen LogP contribution in [0.3, 0.4) is 0 Å². The molecule has 1 fully saturated rings. The number of fused-ring (bicyclic) bond motifs is 1. The Balaban J connectivity index is 2.05. The Morgan fingerprint density at radius 1 is 1.42 bits per heavy atom. The highest BCUT2D eigenvalue weighted by Gasteiger charge is 2.28. The Labute approximate surface area is 117 Å². The van der Waals surface area contributed by atoms with Gasteiger partial charge in [0, 0.05) is 24.7 Å². The molecule has 0 amide bonds. The van der Waals surface area contributed by atoms with Crippen LogP contribution in [-0.4, -0.2) is 57.7 Å². The van der Waals surface area contributed by atoms with Gasteiger partial charge >= 0.3 is 0 Å². The lowest BCUT2D eigenvalue weighted by Crippen LogP contribution is -2.32. The van der Waals surface area contributed by atoms with Crippen LogP contribution in [0.25, 0.3) is 5.78 Å². The number of rotatable bonds is 2. The molecule has 2 aromatic heterocycles. The fourth-order valence-electron chi connectivity index (χ4n) is 2.61. The molecule has 1 saturated heterocycles. The first-order valence-electron chi connectivity index (χ1n) is 6.35.